The van der Waals surface area contributed by atoms with E-state index in [9.17, 15) is 8.42 Å². The Labute approximate surface area is 127 Å². The molecule has 8 heteroatoms. The highest BCUT2D eigenvalue weighted by Crippen LogP contribution is 2.35. The topological polar surface area (TPSA) is 64.0 Å². The number of nitrogens with one attached hydrogen (secondary N) is 1. The molecule has 0 saturated heterocycles. The summed E-state index contributed by atoms with van der Waals surface area (Å²) in [6.07, 6.45) is 1.55. The van der Waals surface area contributed by atoms with Crippen molar-refractivity contribution < 1.29 is 8.42 Å². The second-order valence-corrected chi connectivity index (χ2v) is 14.2. The SMILES string of the molecule is CC(C)n1cc(Cl)c(S(=O)(=O)N[Si](C)(C)C(C)(C)C)n1. The van der Waals surface area contributed by atoms with Gasteiger partial charge in [0.05, 0.1) is 5.02 Å². The Bertz CT molecular complexity index is 588. The lowest BCUT2D eigenvalue weighted by Gasteiger charge is -2.36. The van der Waals surface area contributed by atoms with Crippen LogP contribution in [0, 0.1) is 0 Å². The summed E-state index contributed by atoms with van der Waals surface area (Å²) in [6, 6.07) is 0.0596. The van der Waals surface area contributed by atoms with Crippen molar-refractivity contribution in [2.45, 2.75) is 63.8 Å². The Hall–Kier alpha value is -0.373. The number of sulfonamides is 1. The molecule has 0 unspecified atom stereocenters. The molecule has 116 valence electrons. The van der Waals surface area contributed by atoms with Gasteiger partial charge in [0.2, 0.25) is 5.03 Å². The Morgan fingerprint density at radius 3 is 2.20 bits per heavy atom. The first-order valence-electron chi connectivity index (χ1n) is 6.56. The van der Waals surface area contributed by atoms with Gasteiger partial charge in [-0.2, -0.15) is 5.10 Å². The lowest BCUT2D eigenvalue weighted by atomic mass is 10.2. The molecule has 0 fully saturated rings. The Kier molecular flexibility index (Phi) is 4.81. The van der Waals surface area contributed by atoms with E-state index in [1.165, 1.54) is 0 Å². The van der Waals surface area contributed by atoms with Crippen molar-refractivity contribution in [2.24, 2.45) is 0 Å². The van der Waals surface area contributed by atoms with Crippen LogP contribution in [0.2, 0.25) is 23.2 Å². The first-order valence-corrected chi connectivity index (χ1v) is 11.4. The molecule has 20 heavy (non-hydrogen) atoms. The lowest BCUT2D eigenvalue weighted by Crippen LogP contribution is -2.54. The van der Waals surface area contributed by atoms with E-state index in [0.29, 0.717) is 0 Å². The largest absolute Gasteiger partial charge is 0.267 e. The quantitative estimate of drug-likeness (QED) is 0.856. The summed E-state index contributed by atoms with van der Waals surface area (Å²) in [6.45, 7) is 13.9. The van der Waals surface area contributed by atoms with Crippen LogP contribution in [0.1, 0.15) is 40.7 Å². The van der Waals surface area contributed by atoms with Crippen molar-refractivity contribution in [1.29, 1.82) is 0 Å². The van der Waals surface area contributed by atoms with Crippen molar-refractivity contribution in [3.05, 3.63) is 11.2 Å². The van der Waals surface area contributed by atoms with Crippen molar-refractivity contribution in [2.75, 3.05) is 0 Å². The molecule has 1 heterocycles. The van der Waals surface area contributed by atoms with Gasteiger partial charge in [-0.3, -0.25) is 4.68 Å². The first-order chi connectivity index (χ1) is 8.78. The van der Waals surface area contributed by atoms with Crippen molar-refractivity contribution >= 4 is 29.9 Å². The van der Waals surface area contributed by atoms with E-state index < -0.39 is 18.3 Å². The van der Waals surface area contributed by atoms with E-state index in [2.05, 4.69) is 9.49 Å². The van der Waals surface area contributed by atoms with E-state index in [0.717, 1.165) is 0 Å². The minimum absolute atomic E-state index is 0.0596. The fourth-order valence-electron chi connectivity index (χ4n) is 1.34. The molecular weight excluding hydrogens is 314 g/mol. The maximum atomic E-state index is 12.5. The minimum Gasteiger partial charge on any atom is -0.267 e. The Balaban J connectivity index is 3.19. The molecule has 1 aromatic heterocycles. The zero-order valence-electron chi connectivity index (χ0n) is 13.2. The molecule has 0 aliphatic rings. The molecule has 0 aliphatic carbocycles. The third-order valence-electron chi connectivity index (χ3n) is 3.70. The van der Waals surface area contributed by atoms with Gasteiger partial charge in [-0.15, -0.1) is 0 Å². The average Bonchev–Trinajstić information content (AvgIpc) is 2.57. The number of halogens is 1. The second kappa shape index (κ2) is 5.44. The molecule has 5 nitrogen and oxygen atoms in total. The predicted molar refractivity (Wildman–Crippen MR) is 85.1 cm³/mol. The number of rotatable bonds is 4. The first kappa shape index (κ1) is 17.7. The maximum absolute atomic E-state index is 12.5. The van der Waals surface area contributed by atoms with Crippen LogP contribution in [-0.2, 0) is 10.0 Å². The smallest absolute Gasteiger partial charge is 0.255 e. The van der Waals surface area contributed by atoms with Crippen LogP contribution >= 0.6 is 11.6 Å². The highest BCUT2D eigenvalue weighted by atomic mass is 35.5. The highest BCUT2D eigenvalue weighted by molar-refractivity contribution is 7.91. The second-order valence-electron chi connectivity index (χ2n) is 6.84. The minimum atomic E-state index is -3.70. The van der Waals surface area contributed by atoms with Gasteiger partial charge in [0.25, 0.3) is 10.0 Å². The molecular formula is C12H24ClN3O2SSi. The summed E-state index contributed by atoms with van der Waals surface area (Å²) < 4.78 is 29.4. The van der Waals surface area contributed by atoms with Gasteiger partial charge in [-0.1, -0.05) is 45.5 Å². The van der Waals surface area contributed by atoms with Gasteiger partial charge in [0.1, 0.15) is 8.24 Å². The van der Waals surface area contributed by atoms with Crippen LogP contribution in [-0.4, -0.2) is 26.4 Å². The number of hydrogen-bond donors (Lipinski definition) is 1. The third-order valence-corrected chi connectivity index (χ3v) is 11.8. The number of nitrogens with zero attached hydrogens (tertiary/aromatic N) is 2. The van der Waals surface area contributed by atoms with E-state index in [-0.39, 0.29) is 21.1 Å². The van der Waals surface area contributed by atoms with Crippen molar-refractivity contribution in [3.8, 4) is 0 Å². The van der Waals surface area contributed by atoms with Gasteiger partial charge in [0, 0.05) is 12.2 Å². The lowest BCUT2D eigenvalue weighted by molar-refractivity contribution is 0.515. The molecule has 0 aromatic carbocycles. The molecule has 0 radical (unpaired) electrons. The number of aromatic nitrogens is 2. The summed E-state index contributed by atoms with van der Waals surface area (Å²) in [5.74, 6) is 0. The average molecular weight is 338 g/mol. The molecule has 0 spiro atoms. The maximum Gasteiger partial charge on any atom is 0.255 e. The van der Waals surface area contributed by atoms with Crippen LogP contribution in [0.5, 0.6) is 0 Å². The summed E-state index contributed by atoms with van der Waals surface area (Å²) >= 11 is 6.03. The standard InChI is InChI=1S/C12H24ClN3O2SSi/c1-9(2)16-8-10(13)11(14-16)19(17,18)15-20(6,7)12(3,4)5/h8-9,15H,1-7H3. The van der Waals surface area contributed by atoms with Crippen LogP contribution in [0.4, 0.5) is 0 Å². The number of hydrogen-bond acceptors (Lipinski definition) is 3. The summed E-state index contributed by atoms with van der Waals surface area (Å²) in [7, 11) is -5.91. The van der Waals surface area contributed by atoms with Gasteiger partial charge in [0.15, 0.2) is 0 Å². The molecule has 0 atom stereocenters. The molecule has 0 aliphatic heterocycles. The normalized spacial score (nSPS) is 14.1. The van der Waals surface area contributed by atoms with Crippen LogP contribution in [0.25, 0.3) is 0 Å². The van der Waals surface area contributed by atoms with Crippen LogP contribution in [0.3, 0.4) is 0 Å². The summed E-state index contributed by atoms with van der Waals surface area (Å²) in [5, 5.41) is 4.07. The van der Waals surface area contributed by atoms with Crippen molar-refractivity contribution in [1.82, 2.24) is 14.2 Å². The predicted octanol–water partition coefficient (Wildman–Crippen LogP) is 3.40. The molecule has 0 bridgehead atoms. The summed E-state index contributed by atoms with van der Waals surface area (Å²) in [5.41, 5.74) is 0. The molecule has 1 rings (SSSR count). The van der Waals surface area contributed by atoms with Crippen LogP contribution < -0.4 is 4.39 Å². The van der Waals surface area contributed by atoms with Crippen LogP contribution in [0.15, 0.2) is 11.2 Å². The van der Waals surface area contributed by atoms with Gasteiger partial charge in [-0.05, 0) is 18.9 Å². The van der Waals surface area contributed by atoms with Gasteiger partial charge >= 0.3 is 0 Å². The van der Waals surface area contributed by atoms with E-state index >= 15 is 0 Å². The fraction of sp³-hybridized carbons (Fsp3) is 0.750. The molecule has 1 N–H and O–H groups in total. The molecule has 0 amide bonds. The Morgan fingerprint density at radius 2 is 1.85 bits per heavy atom. The van der Waals surface area contributed by atoms with Crippen molar-refractivity contribution in [3.63, 3.8) is 0 Å². The van der Waals surface area contributed by atoms with E-state index in [1.54, 1.807) is 10.9 Å². The van der Waals surface area contributed by atoms with E-state index in [1.807, 2.05) is 47.7 Å². The monoisotopic (exact) mass is 337 g/mol. The zero-order chi connectivity index (χ0) is 15.9. The highest BCUT2D eigenvalue weighted by Gasteiger charge is 2.40. The molecule has 0 saturated carbocycles. The molecule has 1 aromatic rings. The Morgan fingerprint density at radius 1 is 1.35 bits per heavy atom. The van der Waals surface area contributed by atoms with Gasteiger partial charge < -0.3 is 0 Å². The van der Waals surface area contributed by atoms with Gasteiger partial charge in [-0.25, -0.2) is 12.8 Å². The third kappa shape index (κ3) is 3.63. The zero-order valence-corrected chi connectivity index (χ0v) is 15.7. The summed E-state index contributed by atoms with van der Waals surface area (Å²) in [4.78, 5) is 0. The van der Waals surface area contributed by atoms with E-state index in [4.69, 9.17) is 11.6 Å². The fourth-order valence-corrected chi connectivity index (χ4v) is 6.59.